The van der Waals surface area contributed by atoms with Crippen molar-refractivity contribution in [3.8, 4) is 0 Å². The van der Waals surface area contributed by atoms with Gasteiger partial charge in [-0.25, -0.2) is 0 Å². The van der Waals surface area contributed by atoms with Gasteiger partial charge < -0.3 is 14.2 Å². The summed E-state index contributed by atoms with van der Waals surface area (Å²) < 4.78 is 11.5. The number of aromatic nitrogens is 3. The molecule has 0 spiro atoms. The molecule has 5 rings (SSSR count). The summed E-state index contributed by atoms with van der Waals surface area (Å²) in [6.07, 6.45) is 6.41. The van der Waals surface area contributed by atoms with Crippen LogP contribution in [0.1, 0.15) is 42.6 Å². The Morgan fingerprint density at radius 2 is 2.20 bits per heavy atom. The molecule has 130 valence electrons. The number of nitrogens with zero attached hydrogens (tertiary/aromatic N) is 3. The molecule has 2 aromatic heterocycles. The van der Waals surface area contributed by atoms with Crippen LogP contribution in [0.5, 0.6) is 0 Å². The lowest BCUT2D eigenvalue weighted by Gasteiger charge is -2.41. The van der Waals surface area contributed by atoms with Crippen LogP contribution < -0.4 is 0 Å². The van der Waals surface area contributed by atoms with Gasteiger partial charge in [-0.05, 0) is 31.0 Å². The van der Waals surface area contributed by atoms with Crippen LogP contribution >= 0.6 is 0 Å². The molecule has 25 heavy (non-hydrogen) atoms. The smallest absolute Gasteiger partial charge is 0.231 e. The number of hydrogen-bond acceptors (Lipinski definition) is 5. The van der Waals surface area contributed by atoms with E-state index in [9.17, 15) is 0 Å². The minimum absolute atomic E-state index is 0.0742. The van der Waals surface area contributed by atoms with Crippen LogP contribution in [-0.2, 0) is 11.2 Å². The third kappa shape index (κ3) is 2.85. The Labute approximate surface area is 146 Å². The molecule has 0 saturated carbocycles. The van der Waals surface area contributed by atoms with E-state index < -0.39 is 0 Å². The summed E-state index contributed by atoms with van der Waals surface area (Å²) in [6.45, 7) is 2.80. The molecule has 0 unspecified atom stereocenters. The minimum atomic E-state index is -0.0742. The van der Waals surface area contributed by atoms with E-state index in [-0.39, 0.29) is 6.10 Å². The number of benzene rings is 1. The van der Waals surface area contributed by atoms with Crippen molar-refractivity contribution in [1.82, 2.24) is 20.0 Å². The van der Waals surface area contributed by atoms with Crippen LogP contribution in [-0.4, -0.2) is 45.8 Å². The monoisotopic (exact) mass is 338 g/mol. The molecule has 1 N–H and O–H groups in total. The first-order chi connectivity index (χ1) is 12.4. The van der Waals surface area contributed by atoms with Gasteiger partial charge in [-0.2, -0.15) is 4.98 Å². The Morgan fingerprint density at radius 3 is 3.20 bits per heavy atom. The molecular weight excluding hydrogens is 316 g/mol. The van der Waals surface area contributed by atoms with Gasteiger partial charge in [-0.15, -0.1) is 0 Å². The summed E-state index contributed by atoms with van der Waals surface area (Å²) in [5, 5.41) is 5.39. The SMILES string of the molecule is c1ccc2c(Cc3nc([C@@H]4CN5CCCC[C@H]5CO4)no3)c[nH]c2c1. The summed E-state index contributed by atoms with van der Waals surface area (Å²) in [4.78, 5) is 10.4. The number of piperidine rings is 1. The van der Waals surface area contributed by atoms with Gasteiger partial charge in [0.25, 0.3) is 0 Å². The summed E-state index contributed by atoms with van der Waals surface area (Å²) >= 11 is 0. The van der Waals surface area contributed by atoms with Gasteiger partial charge in [0.15, 0.2) is 0 Å². The molecule has 6 nitrogen and oxygen atoms in total. The fraction of sp³-hybridized carbons (Fsp3) is 0.474. The highest BCUT2D eigenvalue weighted by atomic mass is 16.5. The van der Waals surface area contributed by atoms with Crippen molar-refractivity contribution in [3.63, 3.8) is 0 Å². The lowest BCUT2D eigenvalue weighted by Crippen LogP contribution is -2.49. The minimum Gasteiger partial charge on any atom is -0.367 e. The molecule has 2 aliphatic heterocycles. The van der Waals surface area contributed by atoms with Crippen molar-refractivity contribution in [1.29, 1.82) is 0 Å². The Balaban J connectivity index is 1.32. The molecule has 3 aromatic rings. The summed E-state index contributed by atoms with van der Waals surface area (Å²) in [5.74, 6) is 1.32. The molecule has 0 radical (unpaired) electrons. The highest BCUT2D eigenvalue weighted by molar-refractivity contribution is 5.83. The van der Waals surface area contributed by atoms with E-state index in [1.165, 1.54) is 30.2 Å². The van der Waals surface area contributed by atoms with Gasteiger partial charge >= 0.3 is 0 Å². The average Bonchev–Trinajstić information content (AvgIpc) is 3.29. The van der Waals surface area contributed by atoms with E-state index in [2.05, 4.69) is 32.2 Å². The average molecular weight is 338 g/mol. The molecule has 2 atom stereocenters. The number of fused-ring (bicyclic) bond motifs is 2. The van der Waals surface area contributed by atoms with E-state index in [0.29, 0.717) is 24.2 Å². The zero-order valence-corrected chi connectivity index (χ0v) is 14.1. The standard InChI is InChI=1S/C19H22N4O2/c1-2-7-16-15(6-1)13(10-20-16)9-18-21-19(22-25-18)17-11-23-8-4-3-5-14(23)12-24-17/h1-2,6-7,10,14,17,20H,3-5,8-9,11-12H2/t14-,17-/m0/s1. The molecule has 2 aliphatic rings. The molecule has 1 aromatic carbocycles. The van der Waals surface area contributed by atoms with E-state index in [4.69, 9.17) is 9.26 Å². The maximum Gasteiger partial charge on any atom is 0.231 e. The number of H-pyrrole nitrogens is 1. The van der Waals surface area contributed by atoms with Crippen molar-refractivity contribution in [2.24, 2.45) is 0 Å². The van der Waals surface area contributed by atoms with E-state index in [0.717, 1.165) is 25.2 Å². The van der Waals surface area contributed by atoms with Gasteiger partial charge in [-0.1, -0.05) is 29.8 Å². The quantitative estimate of drug-likeness (QED) is 0.795. The van der Waals surface area contributed by atoms with Crippen LogP contribution in [0.2, 0.25) is 0 Å². The molecule has 0 aliphatic carbocycles. The highest BCUT2D eigenvalue weighted by Gasteiger charge is 2.33. The molecule has 2 fully saturated rings. The first kappa shape index (κ1) is 15.1. The number of rotatable bonds is 3. The normalized spacial score (nSPS) is 24.5. The van der Waals surface area contributed by atoms with Crippen LogP contribution in [0.15, 0.2) is 35.0 Å². The van der Waals surface area contributed by atoms with E-state index in [1.54, 1.807) is 0 Å². The first-order valence-corrected chi connectivity index (χ1v) is 9.10. The largest absolute Gasteiger partial charge is 0.367 e. The number of morpholine rings is 1. The third-order valence-corrected chi connectivity index (χ3v) is 5.43. The van der Waals surface area contributed by atoms with Crippen LogP contribution in [0.3, 0.4) is 0 Å². The maximum absolute atomic E-state index is 6.02. The molecule has 0 amide bonds. The first-order valence-electron chi connectivity index (χ1n) is 9.10. The number of ether oxygens (including phenoxy) is 1. The van der Waals surface area contributed by atoms with Gasteiger partial charge in [-0.3, -0.25) is 4.90 Å². The van der Waals surface area contributed by atoms with Gasteiger partial charge in [0.05, 0.1) is 13.0 Å². The second-order valence-electron chi connectivity index (χ2n) is 7.05. The predicted octanol–water partition coefficient (Wildman–Crippen LogP) is 3.07. The molecule has 6 heteroatoms. The van der Waals surface area contributed by atoms with Crippen LogP contribution in [0.4, 0.5) is 0 Å². The number of hydrogen-bond donors (Lipinski definition) is 1. The zero-order chi connectivity index (χ0) is 16.6. The van der Waals surface area contributed by atoms with Gasteiger partial charge in [0.1, 0.15) is 6.10 Å². The van der Waals surface area contributed by atoms with E-state index in [1.807, 2.05) is 18.3 Å². The number of para-hydroxylation sites is 1. The van der Waals surface area contributed by atoms with Crippen molar-refractivity contribution in [2.45, 2.75) is 37.8 Å². The van der Waals surface area contributed by atoms with Crippen molar-refractivity contribution in [3.05, 3.63) is 47.7 Å². The topological polar surface area (TPSA) is 67.2 Å². The van der Waals surface area contributed by atoms with Crippen molar-refractivity contribution >= 4 is 10.9 Å². The fourth-order valence-electron chi connectivity index (χ4n) is 4.05. The second kappa shape index (κ2) is 6.28. The number of nitrogens with one attached hydrogen (secondary N) is 1. The van der Waals surface area contributed by atoms with Crippen LogP contribution in [0.25, 0.3) is 10.9 Å². The zero-order valence-electron chi connectivity index (χ0n) is 14.1. The predicted molar refractivity (Wildman–Crippen MR) is 93.3 cm³/mol. The molecule has 4 heterocycles. The fourth-order valence-corrected chi connectivity index (χ4v) is 4.05. The van der Waals surface area contributed by atoms with Crippen molar-refractivity contribution in [2.75, 3.05) is 19.7 Å². The molecule has 0 bridgehead atoms. The Bertz CT molecular complexity index is 871. The highest BCUT2D eigenvalue weighted by Crippen LogP contribution is 2.28. The van der Waals surface area contributed by atoms with Crippen molar-refractivity contribution < 1.29 is 9.26 Å². The molecular formula is C19H22N4O2. The van der Waals surface area contributed by atoms with Gasteiger partial charge in [0.2, 0.25) is 11.7 Å². The Kier molecular flexibility index (Phi) is 3.79. The second-order valence-corrected chi connectivity index (χ2v) is 7.05. The third-order valence-electron chi connectivity index (χ3n) is 5.43. The maximum atomic E-state index is 6.02. The van der Waals surface area contributed by atoms with Gasteiger partial charge in [0, 0.05) is 29.7 Å². The van der Waals surface area contributed by atoms with E-state index >= 15 is 0 Å². The lowest BCUT2D eigenvalue weighted by molar-refractivity contribution is -0.0805. The number of aromatic amines is 1. The lowest BCUT2D eigenvalue weighted by atomic mass is 10.0. The van der Waals surface area contributed by atoms with Crippen LogP contribution in [0, 0.1) is 0 Å². The summed E-state index contributed by atoms with van der Waals surface area (Å²) in [6, 6.07) is 8.83. The Morgan fingerprint density at radius 1 is 1.24 bits per heavy atom. The molecule has 2 saturated heterocycles. The summed E-state index contributed by atoms with van der Waals surface area (Å²) in [7, 11) is 0. The summed E-state index contributed by atoms with van der Waals surface area (Å²) in [5.41, 5.74) is 2.30. The Hall–Kier alpha value is -2.18.